The van der Waals surface area contributed by atoms with Gasteiger partial charge in [-0.05, 0) is 48.5 Å². The van der Waals surface area contributed by atoms with Gasteiger partial charge in [-0.1, -0.05) is 24.3 Å². The molecule has 0 unspecified atom stereocenters. The molecular weight excluding hydrogens is 405 g/mol. The molecule has 6 nitrogen and oxygen atoms in total. The Bertz CT molecular complexity index is 1330. The average molecular weight is 421 g/mol. The van der Waals surface area contributed by atoms with Crippen LogP contribution in [0.2, 0.25) is 0 Å². The summed E-state index contributed by atoms with van der Waals surface area (Å²) >= 11 is 0. The molecule has 0 bridgehead atoms. The largest absolute Gasteiger partial charge is 0.321 e. The van der Waals surface area contributed by atoms with Crippen LogP contribution in [0.5, 0.6) is 0 Å². The number of hydrogen-bond acceptors (Lipinski definition) is 4. The number of carbonyl (C=O) groups excluding carboxylic acids is 1. The van der Waals surface area contributed by atoms with Crippen LogP contribution in [0.1, 0.15) is 10.4 Å². The van der Waals surface area contributed by atoms with Crippen molar-refractivity contribution in [2.24, 2.45) is 0 Å². The second kappa shape index (κ2) is 7.92. The highest BCUT2D eigenvalue weighted by Crippen LogP contribution is 2.25. The number of pyridine rings is 1. The maximum atomic E-state index is 13.1. The molecule has 0 saturated carbocycles. The number of amides is 1. The predicted molar refractivity (Wildman–Crippen MR) is 113 cm³/mol. The molecule has 150 valence electrons. The van der Waals surface area contributed by atoms with Crippen molar-refractivity contribution < 1.29 is 17.6 Å². The molecule has 0 spiro atoms. The fraction of sp³-hybridized carbons (Fsp3) is 0. The minimum atomic E-state index is -4.00. The van der Waals surface area contributed by atoms with Crippen molar-refractivity contribution in [1.29, 1.82) is 0 Å². The predicted octanol–water partition coefficient (Wildman–Crippen LogP) is 4.43. The van der Waals surface area contributed by atoms with Gasteiger partial charge in [0.15, 0.2) is 0 Å². The van der Waals surface area contributed by atoms with Gasteiger partial charge < -0.3 is 5.32 Å². The van der Waals surface area contributed by atoms with Crippen molar-refractivity contribution in [1.82, 2.24) is 4.98 Å². The van der Waals surface area contributed by atoms with E-state index >= 15 is 0 Å². The Kier molecular flexibility index (Phi) is 5.16. The normalized spacial score (nSPS) is 11.2. The van der Waals surface area contributed by atoms with E-state index in [1.807, 2.05) is 6.07 Å². The highest BCUT2D eigenvalue weighted by Gasteiger charge is 2.19. The van der Waals surface area contributed by atoms with Gasteiger partial charge >= 0.3 is 0 Å². The van der Waals surface area contributed by atoms with E-state index in [2.05, 4.69) is 15.0 Å². The third-order valence-electron chi connectivity index (χ3n) is 4.47. The van der Waals surface area contributed by atoms with Crippen molar-refractivity contribution in [3.63, 3.8) is 0 Å². The summed E-state index contributed by atoms with van der Waals surface area (Å²) in [7, 11) is -4.00. The lowest BCUT2D eigenvalue weighted by Crippen LogP contribution is -2.18. The minimum absolute atomic E-state index is 0.110. The van der Waals surface area contributed by atoms with Crippen molar-refractivity contribution in [3.8, 4) is 0 Å². The van der Waals surface area contributed by atoms with E-state index in [-0.39, 0.29) is 16.1 Å². The lowest BCUT2D eigenvalue weighted by Gasteiger charge is -2.14. The zero-order valence-corrected chi connectivity index (χ0v) is 16.4. The molecule has 1 amide bonds. The second-order valence-electron chi connectivity index (χ2n) is 6.46. The van der Waals surface area contributed by atoms with Gasteiger partial charge in [-0.25, -0.2) is 12.8 Å². The van der Waals surface area contributed by atoms with Crippen LogP contribution in [0.4, 0.5) is 15.8 Å². The van der Waals surface area contributed by atoms with Gasteiger partial charge in [-0.15, -0.1) is 0 Å². The van der Waals surface area contributed by atoms with Crippen molar-refractivity contribution in [2.75, 3.05) is 10.0 Å². The first-order valence-electron chi connectivity index (χ1n) is 8.95. The smallest absolute Gasteiger partial charge is 0.261 e. The number of aromatic nitrogens is 1. The number of nitrogens with zero attached hydrogens (tertiary/aromatic N) is 1. The molecule has 0 aliphatic rings. The number of hydrogen-bond donors (Lipinski definition) is 2. The fourth-order valence-corrected chi connectivity index (χ4v) is 4.09. The number of rotatable bonds is 5. The number of sulfonamides is 1. The maximum absolute atomic E-state index is 13.1. The summed E-state index contributed by atoms with van der Waals surface area (Å²) in [5, 5.41) is 4.50. The summed E-state index contributed by atoms with van der Waals surface area (Å²) in [6, 6.07) is 17.9. The standard InChI is InChI=1S/C22H16FN3O3S/c23-16-8-10-17(11-9-16)30(28,29)26-21-6-2-1-5-19(21)22(27)25-20-7-3-4-15-14-24-13-12-18(15)20/h1-14,26H,(H,25,27). The number of benzene rings is 3. The summed E-state index contributed by atoms with van der Waals surface area (Å²) in [5.41, 5.74) is 0.839. The molecule has 0 aliphatic carbocycles. The number of carbonyl (C=O) groups is 1. The van der Waals surface area contributed by atoms with Crippen LogP contribution >= 0.6 is 0 Å². The Morgan fingerprint density at radius 2 is 1.60 bits per heavy atom. The number of nitrogens with one attached hydrogen (secondary N) is 2. The van der Waals surface area contributed by atoms with Crippen LogP contribution in [0.3, 0.4) is 0 Å². The van der Waals surface area contributed by atoms with Crippen LogP contribution in [0.25, 0.3) is 10.8 Å². The zero-order valence-electron chi connectivity index (χ0n) is 15.5. The van der Waals surface area contributed by atoms with Crippen LogP contribution in [0, 0.1) is 5.82 Å². The molecule has 1 heterocycles. The Balaban J connectivity index is 1.64. The molecule has 4 rings (SSSR count). The Hall–Kier alpha value is -3.78. The van der Waals surface area contributed by atoms with Gasteiger partial charge in [-0.3, -0.25) is 14.5 Å². The molecule has 8 heteroatoms. The second-order valence-corrected chi connectivity index (χ2v) is 8.14. The Labute approximate surface area is 172 Å². The van der Waals surface area contributed by atoms with Gasteiger partial charge in [0.05, 0.1) is 16.1 Å². The van der Waals surface area contributed by atoms with E-state index < -0.39 is 21.7 Å². The van der Waals surface area contributed by atoms with Crippen molar-refractivity contribution in [2.45, 2.75) is 4.90 Å². The number of fused-ring (bicyclic) bond motifs is 1. The molecule has 0 fully saturated rings. The minimum Gasteiger partial charge on any atom is -0.321 e. The van der Waals surface area contributed by atoms with Gasteiger partial charge in [-0.2, -0.15) is 0 Å². The lowest BCUT2D eigenvalue weighted by atomic mass is 10.1. The van der Waals surface area contributed by atoms with Crippen LogP contribution < -0.4 is 10.0 Å². The quantitative estimate of drug-likeness (QED) is 0.499. The first-order valence-corrected chi connectivity index (χ1v) is 10.4. The van der Waals surface area contributed by atoms with Gasteiger partial charge in [0.1, 0.15) is 5.82 Å². The molecule has 0 radical (unpaired) electrons. The summed E-state index contributed by atoms with van der Waals surface area (Å²) in [6.07, 6.45) is 3.32. The van der Waals surface area contributed by atoms with Gasteiger partial charge in [0.25, 0.3) is 15.9 Å². The summed E-state index contributed by atoms with van der Waals surface area (Å²) in [5.74, 6) is -1.02. The molecule has 3 aromatic carbocycles. The van der Waals surface area contributed by atoms with E-state index in [1.54, 1.807) is 42.7 Å². The number of halogens is 1. The molecule has 0 aliphatic heterocycles. The highest BCUT2D eigenvalue weighted by molar-refractivity contribution is 7.92. The SMILES string of the molecule is O=C(Nc1cccc2cnccc12)c1ccccc1NS(=O)(=O)c1ccc(F)cc1. The number of anilines is 2. The maximum Gasteiger partial charge on any atom is 0.261 e. The molecule has 30 heavy (non-hydrogen) atoms. The topological polar surface area (TPSA) is 88.2 Å². The first-order chi connectivity index (χ1) is 14.4. The van der Waals surface area contributed by atoms with E-state index in [4.69, 9.17) is 0 Å². The van der Waals surface area contributed by atoms with Crippen LogP contribution in [0.15, 0.2) is 90.1 Å². The highest BCUT2D eigenvalue weighted by atomic mass is 32.2. The van der Waals surface area contributed by atoms with Crippen molar-refractivity contribution >= 4 is 38.1 Å². The summed E-state index contributed by atoms with van der Waals surface area (Å²) < 4.78 is 40.8. The van der Waals surface area contributed by atoms with E-state index in [0.29, 0.717) is 5.69 Å². The van der Waals surface area contributed by atoms with E-state index in [1.165, 1.54) is 12.1 Å². The lowest BCUT2D eigenvalue weighted by molar-refractivity contribution is 0.102. The molecule has 1 aromatic heterocycles. The molecular formula is C22H16FN3O3S. The average Bonchev–Trinajstić information content (AvgIpc) is 2.74. The van der Waals surface area contributed by atoms with E-state index in [0.717, 1.165) is 35.0 Å². The number of para-hydroxylation sites is 1. The Morgan fingerprint density at radius 3 is 2.40 bits per heavy atom. The zero-order chi connectivity index (χ0) is 21.1. The Morgan fingerprint density at radius 1 is 0.867 bits per heavy atom. The summed E-state index contributed by atoms with van der Waals surface area (Å²) in [4.78, 5) is 16.9. The molecule has 2 N–H and O–H groups in total. The van der Waals surface area contributed by atoms with Crippen molar-refractivity contribution in [3.05, 3.63) is 96.6 Å². The molecule has 4 aromatic rings. The third kappa shape index (κ3) is 3.99. The van der Waals surface area contributed by atoms with Gasteiger partial charge in [0, 0.05) is 28.9 Å². The summed E-state index contributed by atoms with van der Waals surface area (Å²) in [6.45, 7) is 0. The fourth-order valence-electron chi connectivity index (χ4n) is 3.01. The molecule has 0 atom stereocenters. The third-order valence-corrected chi connectivity index (χ3v) is 5.85. The molecule has 0 saturated heterocycles. The monoisotopic (exact) mass is 421 g/mol. The first kappa shape index (κ1) is 19.5. The van der Waals surface area contributed by atoms with Crippen LogP contribution in [-0.2, 0) is 10.0 Å². The van der Waals surface area contributed by atoms with Crippen LogP contribution in [-0.4, -0.2) is 19.3 Å². The van der Waals surface area contributed by atoms with Gasteiger partial charge in [0.2, 0.25) is 0 Å². The van der Waals surface area contributed by atoms with E-state index in [9.17, 15) is 17.6 Å².